The van der Waals surface area contributed by atoms with E-state index in [-0.39, 0.29) is 5.11 Å². The van der Waals surface area contributed by atoms with Crippen molar-refractivity contribution in [1.82, 2.24) is 5.32 Å². The Hall–Kier alpha value is -2.60. The first-order valence-electron chi connectivity index (χ1n) is 7.78. The number of methoxy groups -OCH3 is 2. The van der Waals surface area contributed by atoms with E-state index in [1.54, 1.807) is 18.2 Å². The van der Waals surface area contributed by atoms with Gasteiger partial charge in [-0.1, -0.05) is 23.8 Å². The van der Waals surface area contributed by atoms with Crippen LogP contribution in [0.5, 0.6) is 11.5 Å². The van der Waals surface area contributed by atoms with Crippen LogP contribution < -0.4 is 20.1 Å². The lowest BCUT2D eigenvalue weighted by Gasteiger charge is -2.16. The summed E-state index contributed by atoms with van der Waals surface area (Å²) in [5.41, 5.74) is 4.49. The number of hydrogen-bond donors (Lipinski definition) is 2. The van der Waals surface area contributed by atoms with Crippen molar-refractivity contribution < 1.29 is 14.3 Å². The van der Waals surface area contributed by atoms with Gasteiger partial charge in [0.05, 0.1) is 14.2 Å². The molecule has 6 heteroatoms. The molecule has 0 fully saturated rings. The molecule has 0 saturated heterocycles. The van der Waals surface area contributed by atoms with Crippen LogP contribution in [0, 0.1) is 20.8 Å². The van der Waals surface area contributed by atoms with E-state index in [1.165, 1.54) is 19.8 Å². The second-order valence-electron chi connectivity index (χ2n) is 5.72. The molecule has 0 aliphatic carbocycles. The zero-order valence-electron chi connectivity index (χ0n) is 15.0. The van der Waals surface area contributed by atoms with Gasteiger partial charge in [-0.05, 0) is 56.2 Å². The van der Waals surface area contributed by atoms with Crippen molar-refractivity contribution in [2.24, 2.45) is 0 Å². The summed E-state index contributed by atoms with van der Waals surface area (Å²) in [5.74, 6) is 0.443. The third kappa shape index (κ3) is 4.28. The lowest BCUT2D eigenvalue weighted by atomic mass is 10.1. The number of anilines is 1. The fourth-order valence-corrected chi connectivity index (χ4v) is 2.96. The van der Waals surface area contributed by atoms with E-state index >= 15 is 0 Å². The molecule has 2 aromatic carbocycles. The molecule has 0 saturated carbocycles. The molecule has 0 atom stereocenters. The highest BCUT2D eigenvalue weighted by atomic mass is 32.1. The van der Waals surface area contributed by atoms with E-state index in [1.807, 2.05) is 20.8 Å². The summed E-state index contributed by atoms with van der Waals surface area (Å²) in [6, 6.07) is 9.26. The highest BCUT2D eigenvalue weighted by Crippen LogP contribution is 2.28. The quantitative estimate of drug-likeness (QED) is 0.815. The molecule has 1 amide bonds. The summed E-state index contributed by atoms with van der Waals surface area (Å²) in [6.07, 6.45) is 0. The number of ether oxygens (including phenoxy) is 2. The van der Waals surface area contributed by atoms with Gasteiger partial charge in [0, 0.05) is 5.69 Å². The van der Waals surface area contributed by atoms with Crippen LogP contribution in [-0.4, -0.2) is 25.2 Å². The fourth-order valence-electron chi connectivity index (χ4n) is 2.76. The molecule has 0 aromatic heterocycles. The van der Waals surface area contributed by atoms with Gasteiger partial charge in [-0.25, -0.2) is 0 Å². The normalized spacial score (nSPS) is 10.1. The molecule has 0 bridgehead atoms. The number of benzene rings is 2. The van der Waals surface area contributed by atoms with Crippen LogP contribution in [0.3, 0.4) is 0 Å². The maximum Gasteiger partial charge on any atom is 0.264 e. The van der Waals surface area contributed by atoms with E-state index in [2.05, 4.69) is 22.8 Å². The van der Waals surface area contributed by atoms with Crippen molar-refractivity contribution in [1.29, 1.82) is 0 Å². The van der Waals surface area contributed by atoms with Crippen molar-refractivity contribution >= 4 is 28.9 Å². The van der Waals surface area contributed by atoms with Crippen LogP contribution in [0.2, 0.25) is 0 Å². The van der Waals surface area contributed by atoms with Crippen molar-refractivity contribution in [2.75, 3.05) is 19.5 Å². The summed E-state index contributed by atoms with van der Waals surface area (Å²) >= 11 is 5.30. The number of carbonyl (C=O) groups excluding carboxylic acids is 1. The smallest absolute Gasteiger partial charge is 0.264 e. The van der Waals surface area contributed by atoms with E-state index in [0.29, 0.717) is 17.1 Å². The Labute approximate surface area is 153 Å². The maximum absolute atomic E-state index is 12.6. The second kappa shape index (κ2) is 7.98. The Morgan fingerprint density at radius 3 is 2.00 bits per heavy atom. The minimum atomic E-state index is -0.394. The largest absolute Gasteiger partial charge is 0.496 e. The molecule has 0 heterocycles. The molecular weight excluding hydrogens is 336 g/mol. The predicted molar refractivity (Wildman–Crippen MR) is 104 cm³/mol. The minimum absolute atomic E-state index is 0.216. The fraction of sp³-hybridized carbons (Fsp3) is 0.263. The van der Waals surface area contributed by atoms with E-state index in [9.17, 15) is 4.79 Å². The molecule has 2 rings (SSSR count). The third-order valence-electron chi connectivity index (χ3n) is 3.80. The molecule has 0 unspecified atom stereocenters. The Balaban J connectivity index is 2.21. The van der Waals surface area contributed by atoms with Gasteiger partial charge >= 0.3 is 0 Å². The van der Waals surface area contributed by atoms with Gasteiger partial charge in [-0.3, -0.25) is 10.1 Å². The number of amides is 1. The van der Waals surface area contributed by atoms with Gasteiger partial charge in [0.15, 0.2) is 5.11 Å². The topological polar surface area (TPSA) is 59.6 Å². The molecule has 0 aliphatic rings. The first-order valence-corrected chi connectivity index (χ1v) is 8.19. The van der Waals surface area contributed by atoms with Gasteiger partial charge in [0.2, 0.25) is 0 Å². The third-order valence-corrected chi connectivity index (χ3v) is 4.00. The van der Waals surface area contributed by atoms with Crippen molar-refractivity contribution in [3.63, 3.8) is 0 Å². The van der Waals surface area contributed by atoms with Gasteiger partial charge in [0.25, 0.3) is 5.91 Å². The van der Waals surface area contributed by atoms with E-state index in [4.69, 9.17) is 21.7 Å². The Bertz CT molecular complexity index is 773. The zero-order valence-corrected chi connectivity index (χ0v) is 15.8. The number of carbonyl (C=O) groups is 1. The van der Waals surface area contributed by atoms with E-state index < -0.39 is 5.91 Å². The van der Waals surface area contributed by atoms with Crippen LogP contribution in [-0.2, 0) is 0 Å². The average molecular weight is 358 g/mol. The van der Waals surface area contributed by atoms with Crippen LogP contribution in [0.1, 0.15) is 27.0 Å². The first kappa shape index (κ1) is 18.7. The van der Waals surface area contributed by atoms with Gasteiger partial charge < -0.3 is 14.8 Å². The van der Waals surface area contributed by atoms with E-state index in [0.717, 1.165) is 16.8 Å². The molecule has 25 heavy (non-hydrogen) atoms. The average Bonchev–Trinajstić information content (AvgIpc) is 2.57. The lowest BCUT2D eigenvalue weighted by Crippen LogP contribution is -2.35. The molecule has 0 spiro atoms. The standard InChI is InChI=1S/C19H22N2O3S/c1-11-9-12(2)17(13(3)10-11)20-19(25)21-18(22)16-14(23-4)7-6-8-15(16)24-5/h6-10H,1-5H3,(H2,20,21,22,25). The van der Waals surface area contributed by atoms with Crippen LogP contribution >= 0.6 is 12.2 Å². The molecule has 2 aromatic rings. The van der Waals surface area contributed by atoms with Gasteiger partial charge in [0.1, 0.15) is 17.1 Å². The van der Waals surface area contributed by atoms with Crippen molar-refractivity contribution in [3.05, 3.63) is 52.6 Å². The summed E-state index contributed by atoms with van der Waals surface area (Å²) in [5, 5.41) is 6.00. The molecule has 2 N–H and O–H groups in total. The highest BCUT2D eigenvalue weighted by Gasteiger charge is 2.19. The molecule has 132 valence electrons. The van der Waals surface area contributed by atoms with Gasteiger partial charge in [-0.15, -0.1) is 0 Å². The zero-order chi connectivity index (χ0) is 18.6. The summed E-state index contributed by atoms with van der Waals surface area (Å²) in [6.45, 7) is 6.03. The SMILES string of the molecule is COc1cccc(OC)c1C(=O)NC(=S)Nc1c(C)cc(C)cc1C. The second-order valence-corrected chi connectivity index (χ2v) is 6.13. The predicted octanol–water partition coefficient (Wildman–Crippen LogP) is 3.76. The molecule has 0 radical (unpaired) electrons. The van der Waals surface area contributed by atoms with Crippen LogP contribution in [0.25, 0.3) is 0 Å². The molecule has 5 nitrogen and oxygen atoms in total. The maximum atomic E-state index is 12.6. The van der Waals surface area contributed by atoms with Crippen molar-refractivity contribution in [2.45, 2.75) is 20.8 Å². The molecular formula is C19H22N2O3S. The number of hydrogen-bond acceptors (Lipinski definition) is 4. The highest BCUT2D eigenvalue weighted by molar-refractivity contribution is 7.80. The summed E-state index contributed by atoms with van der Waals surface area (Å²) in [4.78, 5) is 12.6. The van der Waals surface area contributed by atoms with Crippen LogP contribution in [0.15, 0.2) is 30.3 Å². The lowest BCUT2D eigenvalue weighted by molar-refractivity contribution is 0.0971. The first-order chi connectivity index (χ1) is 11.9. The minimum Gasteiger partial charge on any atom is -0.496 e. The monoisotopic (exact) mass is 358 g/mol. The van der Waals surface area contributed by atoms with Gasteiger partial charge in [-0.2, -0.15) is 0 Å². The van der Waals surface area contributed by atoms with Crippen LogP contribution in [0.4, 0.5) is 5.69 Å². The number of thiocarbonyl (C=S) groups is 1. The number of rotatable bonds is 4. The Kier molecular flexibility index (Phi) is 5.98. The Morgan fingerprint density at radius 1 is 1.00 bits per heavy atom. The number of nitrogens with one attached hydrogen (secondary N) is 2. The van der Waals surface area contributed by atoms with Crippen molar-refractivity contribution in [3.8, 4) is 11.5 Å². The summed E-state index contributed by atoms with van der Waals surface area (Å²) in [7, 11) is 3.00. The Morgan fingerprint density at radius 2 is 1.52 bits per heavy atom. The molecule has 0 aliphatic heterocycles. The summed E-state index contributed by atoms with van der Waals surface area (Å²) < 4.78 is 10.5. The number of aryl methyl sites for hydroxylation is 3.